The molecule has 2 aromatic rings. The van der Waals surface area contributed by atoms with Gasteiger partial charge in [0.2, 0.25) is 0 Å². The molecule has 0 unspecified atom stereocenters. The highest BCUT2D eigenvalue weighted by Crippen LogP contribution is 2.25. The van der Waals surface area contributed by atoms with Crippen LogP contribution in [-0.2, 0) is 0 Å². The van der Waals surface area contributed by atoms with Crippen LogP contribution in [0.1, 0.15) is 0 Å². The van der Waals surface area contributed by atoms with E-state index in [0.29, 0.717) is 0 Å². The molecule has 1 aromatic carbocycles. The third-order valence-corrected chi connectivity index (χ3v) is 1.89. The Kier molecular flexibility index (Phi) is 2.00. The third-order valence-electron chi connectivity index (χ3n) is 1.89. The number of hydrogen-bond donors (Lipinski definition) is 1. The summed E-state index contributed by atoms with van der Waals surface area (Å²) >= 11 is 0. The molecule has 0 aliphatic rings. The van der Waals surface area contributed by atoms with E-state index in [-0.39, 0.29) is 0 Å². The average Bonchev–Trinajstić information content (AvgIpc) is 2.67. The predicted molar refractivity (Wildman–Crippen MR) is 51.5 cm³/mol. The lowest BCUT2D eigenvalue weighted by Gasteiger charge is -1.98. The summed E-state index contributed by atoms with van der Waals surface area (Å²) < 4.78 is 4.88. The lowest BCUT2D eigenvalue weighted by molar-refractivity contribution is 0.422. The average molecular weight is 174 g/mol. The van der Waals surface area contributed by atoms with E-state index in [4.69, 9.17) is 4.52 Å². The first kappa shape index (κ1) is 7.86. The number of rotatable bonds is 2. The van der Waals surface area contributed by atoms with Gasteiger partial charge in [-0.05, 0) is 0 Å². The topological polar surface area (TPSA) is 38.1 Å². The van der Waals surface area contributed by atoms with Crippen LogP contribution in [0.2, 0.25) is 0 Å². The minimum absolute atomic E-state index is 0.850. The number of anilines is 1. The summed E-state index contributed by atoms with van der Waals surface area (Å²) in [5.74, 6) is 0. The second-order valence-electron chi connectivity index (χ2n) is 2.69. The van der Waals surface area contributed by atoms with Crippen molar-refractivity contribution in [3.05, 3.63) is 36.6 Å². The summed E-state index contributed by atoms with van der Waals surface area (Å²) in [7, 11) is 1.85. The molecule has 0 amide bonds. The molecule has 1 heterocycles. The fourth-order valence-electron chi connectivity index (χ4n) is 1.22. The number of benzene rings is 1. The van der Waals surface area contributed by atoms with Crippen LogP contribution >= 0.6 is 0 Å². The van der Waals surface area contributed by atoms with Gasteiger partial charge in [0.25, 0.3) is 0 Å². The van der Waals surface area contributed by atoms with Crippen LogP contribution in [0.25, 0.3) is 11.3 Å². The van der Waals surface area contributed by atoms with Crippen LogP contribution in [0.4, 0.5) is 5.69 Å². The van der Waals surface area contributed by atoms with E-state index < -0.39 is 0 Å². The highest BCUT2D eigenvalue weighted by molar-refractivity contribution is 5.72. The van der Waals surface area contributed by atoms with Gasteiger partial charge in [-0.1, -0.05) is 35.5 Å². The van der Waals surface area contributed by atoms with Gasteiger partial charge in [0.05, 0.1) is 0 Å². The maximum Gasteiger partial charge on any atom is 0.147 e. The molecule has 0 aliphatic heterocycles. The monoisotopic (exact) mass is 174 g/mol. The van der Waals surface area contributed by atoms with E-state index >= 15 is 0 Å². The quantitative estimate of drug-likeness (QED) is 0.759. The molecule has 1 aromatic heterocycles. The summed E-state index contributed by atoms with van der Waals surface area (Å²) in [5.41, 5.74) is 2.81. The first-order chi connectivity index (χ1) is 6.42. The summed E-state index contributed by atoms with van der Waals surface area (Å²) in [6.07, 6.45) is 1.60. The number of aromatic nitrogens is 1. The number of nitrogens with zero attached hydrogens (tertiary/aromatic N) is 1. The highest BCUT2D eigenvalue weighted by atomic mass is 16.5. The second-order valence-corrected chi connectivity index (χ2v) is 2.69. The lowest BCUT2D eigenvalue weighted by atomic mass is 10.1. The van der Waals surface area contributed by atoms with Crippen molar-refractivity contribution in [3.8, 4) is 11.3 Å². The molecule has 0 saturated heterocycles. The Morgan fingerprint density at radius 3 is 2.69 bits per heavy atom. The minimum atomic E-state index is 0.850. The third kappa shape index (κ3) is 1.40. The Hall–Kier alpha value is -1.77. The van der Waals surface area contributed by atoms with Gasteiger partial charge in [0.1, 0.15) is 17.6 Å². The van der Waals surface area contributed by atoms with Gasteiger partial charge in [-0.15, -0.1) is 0 Å². The van der Waals surface area contributed by atoms with Gasteiger partial charge in [-0.2, -0.15) is 0 Å². The molecule has 1 N–H and O–H groups in total. The summed E-state index contributed by atoms with van der Waals surface area (Å²) in [5, 5.41) is 6.94. The van der Waals surface area contributed by atoms with Crippen molar-refractivity contribution in [2.75, 3.05) is 12.4 Å². The van der Waals surface area contributed by atoms with Gasteiger partial charge < -0.3 is 9.84 Å². The van der Waals surface area contributed by atoms with Gasteiger partial charge in [0, 0.05) is 12.6 Å². The zero-order valence-corrected chi connectivity index (χ0v) is 7.32. The van der Waals surface area contributed by atoms with Crippen molar-refractivity contribution < 1.29 is 4.52 Å². The SMILES string of the molecule is CNc1conc1-c1ccccc1. The van der Waals surface area contributed by atoms with Gasteiger partial charge >= 0.3 is 0 Å². The van der Waals surface area contributed by atoms with E-state index in [1.807, 2.05) is 37.4 Å². The zero-order valence-electron chi connectivity index (χ0n) is 7.32. The number of nitrogens with one attached hydrogen (secondary N) is 1. The molecule has 0 fully saturated rings. The molecular formula is C10H10N2O. The molecule has 3 nitrogen and oxygen atoms in total. The van der Waals surface area contributed by atoms with Crippen LogP contribution in [0.3, 0.4) is 0 Å². The molecule has 0 radical (unpaired) electrons. The molecule has 3 heteroatoms. The highest BCUT2D eigenvalue weighted by Gasteiger charge is 2.06. The maximum absolute atomic E-state index is 4.88. The Morgan fingerprint density at radius 1 is 1.23 bits per heavy atom. The minimum Gasteiger partial charge on any atom is -0.384 e. The fraction of sp³-hybridized carbons (Fsp3) is 0.100. The largest absolute Gasteiger partial charge is 0.384 e. The van der Waals surface area contributed by atoms with Crippen molar-refractivity contribution in [2.45, 2.75) is 0 Å². The van der Waals surface area contributed by atoms with Crippen LogP contribution in [-0.4, -0.2) is 12.2 Å². The molecule has 0 bridgehead atoms. The van der Waals surface area contributed by atoms with Crippen LogP contribution < -0.4 is 5.32 Å². The van der Waals surface area contributed by atoms with Crippen molar-refractivity contribution in [2.24, 2.45) is 0 Å². The van der Waals surface area contributed by atoms with Crippen LogP contribution in [0, 0.1) is 0 Å². The molecule has 0 spiro atoms. The van der Waals surface area contributed by atoms with Crippen molar-refractivity contribution in [3.63, 3.8) is 0 Å². The zero-order chi connectivity index (χ0) is 9.10. The van der Waals surface area contributed by atoms with Crippen molar-refractivity contribution in [1.29, 1.82) is 0 Å². The first-order valence-corrected chi connectivity index (χ1v) is 4.09. The van der Waals surface area contributed by atoms with E-state index in [1.54, 1.807) is 6.26 Å². The fourth-order valence-corrected chi connectivity index (χ4v) is 1.22. The van der Waals surface area contributed by atoms with Crippen molar-refractivity contribution >= 4 is 5.69 Å². The van der Waals surface area contributed by atoms with E-state index in [1.165, 1.54) is 0 Å². The standard InChI is InChI=1S/C10H10N2O/c1-11-9-7-13-12-10(9)8-5-3-2-4-6-8/h2-7,11H,1H3. The molecular weight excluding hydrogens is 164 g/mol. The summed E-state index contributed by atoms with van der Waals surface area (Å²) in [6.45, 7) is 0. The lowest BCUT2D eigenvalue weighted by Crippen LogP contribution is -1.88. The molecule has 2 rings (SSSR count). The summed E-state index contributed by atoms with van der Waals surface area (Å²) in [4.78, 5) is 0. The smallest absolute Gasteiger partial charge is 0.147 e. The van der Waals surface area contributed by atoms with Crippen LogP contribution in [0.5, 0.6) is 0 Å². The van der Waals surface area contributed by atoms with Gasteiger partial charge in [-0.3, -0.25) is 0 Å². The molecule has 0 saturated carbocycles. The number of hydrogen-bond acceptors (Lipinski definition) is 3. The normalized spacial score (nSPS) is 9.92. The van der Waals surface area contributed by atoms with Crippen LogP contribution in [0.15, 0.2) is 41.1 Å². The van der Waals surface area contributed by atoms with Crippen molar-refractivity contribution in [1.82, 2.24) is 5.16 Å². The summed E-state index contributed by atoms with van der Waals surface area (Å²) in [6, 6.07) is 9.92. The Morgan fingerprint density at radius 2 is 2.00 bits per heavy atom. The molecule has 66 valence electrons. The predicted octanol–water partition coefficient (Wildman–Crippen LogP) is 2.38. The van der Waals surface area contributed by atoms with E-state index in [2.05, 4.69) is 10.5 Å². The Bertz CT molecular complexity index is 381. The Labute approximate surface area is 76.4 Å². The van der Waals surface area contributed by atoms with E-state index in [9.17, 15) is 0 Å². The second kappa shape index (κ2) is 3.31. The molecule has 13 heavy (non-hydrogen) atoms. The van der Waals surface area contributed by atoms with Gasteiger partial charge in [0.15, 0.2) is 0 Å². The Balaban J connectivity index is 2.47. The maximum atomic E-state index is 4.88. The van der Waals surface area contributed by atoms with Gasteiger partial charge in [-0.25, -0.2) is 0 Å². The molecule has 0 aliphatic carbocycles. The molecule has 0 atom stereocenters. The first-order valence-electron chi connectivity index (χ1n) is 4.09. The van der Waals surface area contributed by atoms with E-state index in [0.717, 1.165) is 16.9 Å².